The van der Waals surface area contributed by atoms with Crippen molar-refractivity contribution in [1.82, 2.24) is 9.80 Å². The fourth-order valence-electron chi connectivity index (χ4n) is 5.25. The third-order valence-electron chi connectivity index (χ3n) is 7.28. The molecule has 1 atom stereocenters. The first-order chi connectivity index (χ1) is 16.5. The van der Waals surface area contributed by atoms with Crippen LogP contribution in [0, 0.1) is 0 Å². The number of aryl methyl sites for hydroxylation is 1. The van der Waals surface area contributed by atoms with Crippen molar-refractivity contribution in [2.45, 2.75) is 51.5 Å². The second-order valence-corrected chi connectivity index (χ2v) is 11.1. The molecule has 5 rings (SSSR count). The molecule has 1 fully saturated rings. The van der Waals surface area contributed by atoms with Crippen LogP contribution in [0.2, 0.25) is 0 Å². The van der Waals surface area contributed by atoms with E-state index in [1.165, 1.54) is 40.0 Å². The van der Waals surface area contributed by atoms with Gasteiger partial charge in [-0.1, -0.05) is 38.1 Å². The van der Waals surface area contributed by atoms with Crippen molar-refractivity contribution < 1.29 is 9.21 Å². The normalized spacial score (nSPS) is 18.1. The van der Waals surface area contributed by atoms with Gasteiger partial charge in [-0.25, -0.2) is 0 Å². The maximum absolute atomic E-state index is 13.0. The molecule has 1 N–H and O–H groups in total. The third-order valence-corrected chi connectivity index (χ3v) is 8.50. The van der Waals surface area contributed by atoms with Gasteiger partial charge < -0.3 is 14.6 Å². The van der Waals surface area contributed by atoms with Gasteiger partial charge in [-0.3, -0.25) is 9.69 Å². The van der Waals surface area contributed by atoms with Crippen LogP contribution < -0.4 is 5.32 Å². The van der Waals surface area contributed by atoms with Gasteiger partial charge in [0, 0.05) is 36.6 Å². The van der Waals surface area contributed by atoms with E-state index in [1.54, 1.807) is 29.7 Å². The van der Waals surface area contributed by atoms with Crippen molar-refractivity contribution in [3.05, 3.63) is 75.6 Å². The van der Waals surface area contributed by atoms with Crippen LogP contribution in [-0.4, -0.2) is 48.9 Å². The summed E-state index contributed by atoms with van der Waals surface area (Å²) in [6, 6.07) is 12.8. The molecule has 180 valence electrons. The van der Waals surface area contributed by atoms with Gasteiger partial charge in [0.1, 0.15) is 5.00 Å². The van der Waals surface area contributed by atoms with Crippen molar-refractivity contribution in [2.75, 3.05) is 38.5 Å². The van der Waals surface area contributed by atoms with Gasteiger partial charge in [0.05, 0.1) is 12.3 Å². The standard InChI is InChI=1S/C28H35N3O2S/c1-19(2)20-10-12-21(13-11-20)26(31-16-14-30(3)15-17-31)25-22-7-4-5-9-24(22)34-28(25)29-27(32)23-8-6-18-33-23/h6,8,10-13,18-19,26H,4-5,7,9,14-17H2,1-3H3,(H,29,32). The fourth-order valence-corrected chi connectivity index (χ4v) is 6.56. The average molecular weight is 478 g/mol. The number of hydrogen-bond acceptors (Lipinski definition) is 5. The minimum Gasteiger partial charge on any atom is -0.459 e. The molecular formula is C28H35N3O2S. The highest BCUT2D eigenvalue weighted by Gasteiger charge is 2.33. The fraction of sp³-hybridized carbons (Fsp3) is 0.464. The van der Waals surface area contributed by atoms with E-state index in [9.17, 15) is 4.79 Å². The number of anilines is 1. The largest absolute Gasteiger partial charge is 0.459 e. The first kappa shape index (κ1) is 23.3. The molecule has 1 unspecified atom stereocenters. The number of carbonyl (C=O) groups is 1. The molecule has 0 radical (unpaired) electrons. The van der Waals surface area contributed by atoms with E-state index in [1.807, 2.05) is 0 Å². The summed E-state index contributed by atoms with van der Waals surface area (Å²) in [5.74, 6) is 0.695. The number of amides is 1. The van der Waals surface area contributed by atoms with E-state index in [0.29, 0.717) is 11.7 Å². The molecule has 3 aromatic rings. The van der Waals surface area contributed by atoms with Crippen LogP contribution in [0.3, 0.4) is 0 Å². The van der Waals surface area contributed by atoms with Crippen molar-refractivity contribution >= 4 is 22.2 Å². The summed E-state index contributed by atoms with van der Waals surface area (Å²) in [6.45, 7) is 8.63. The number of hydrogen-bond donors (Lipinski definition) is 1. The third kappa shape index (κ3) is 4.72. The van der Waals surface area contributed by atoms with Gasteiger partial charge in [0.2, 0.25) is 0 Å². The summed E-state index contributed by atoms with van der Waals surface area (Å²) < 4.78 is 5.39. The Bertz CT molecular complexity index is 1110. The van der Waals surface area contributed by atoms with E-state index in [4.69, 9.17) is 4.42 Å². The zero-order valence-electron chi connectivity index (χ0n) is 20.5. The minimum atomic E-state index is -0.169. The molecule has 2 aliphatic rings. The number of fused-ring (bicyclic) bond motifs is 1. The minimum absolute atomic E-state index is 0.139. The van der Waals surface area contributed by atoms with Crippen LogP contribution in [0.4, 0.5) is 5.00 Å². The molecule has 1 saturated heterocycles. The predicted octanol–water partition coefficient (Wildman–Crippen LogP) is 5.93. The summed E-state index contributed by atoms with van der Waals surface area (Å²) in [5, 5.41) is 4.24. The Hall–Kier alpha value is -2.41. The molecule has 5 nitrogen and oxygen atoms in total. The Labute approximate surface area is 206 Å². The first-order valence-corrected chi connectivity index (χ1v) is 13.3. The zero-order chi connectivity index (χ0) is 23.7. The van der Waals surface area contributed by atoms with Crippen LogP contribution >= 0.6 is 11.3 Å². The van der Waals surface area contributed by atoms with E-state index in [-0.39, 0.29) is 11.9 Å². The highest BCUT2D eigenvalue weighted by atomic mass is 32.1. The van der Waals surface area contributed by atoms with Crippen LogP contribution in [-0.2, 0) is 12.8 Å². The van der Waals surface area contributed by atoms with E-state index >= 15 is 0 Å². The maximum atomic E-state index is 13.0. The molecule has 6 heteroatoms. The molecule has 1 amide bonds. The van der Waals surface area contributed by atoms with Crippen LogP contribution in [0.15, 0.2) is 47.1 Å². The number of piperazine rings is 1. The van der Waals surface area contributed by atoms with Crippen LogP contribution in [0.25, 0.3) is 0 Å². The van der Waals surface area contributed by atoms with E-state index in [0.717, 1.165) is 44.0 Å². The molecule has 0 spiro atoms. The van der Waals surface area contributed by atoms with Crippen molar-refractivity contribution in [3.8, 4) is 0 Å². The number of nitrogens with one attached hydrogen (secondary N) is 1. The molecule has 3 heterocycles. The Balaban J connectivity index is 1.59. The second kappa shape index (κ2) is 10.1. The lowest BCUT2D eigenvalue weighted by atomic mass is 9.87. The number of benzene rings is 1. The summed E-state index contributed by atoms with van der Waals surface area (Å²) in [6.07, 6.45) is 6.18. The summed E-state index contributed by atoms with van der Waals surface area (Å²) in [7, 11) is 2.20. The first-order valence-electron chi connectivity index (χ1n) is 12.5. The highest BCUT2D eigenvalue weighted by molar-refractivity contribution is 7.16. The topological polar surface area (TPSA) is 48.7 Å². The summed E-state index contributed by atoms with van der Waals surface area (Å²) >= 11 is 1.77. The SMILES string of the molecule is CC(C)c1ccc(C(c2c(NC(=O)c3ccco3)sc3c2CCCC3)N2CCN(C)CC2)cc1. The number of likely N-dealkylation sites (N-methyl/N-ethyl adjacent to an activating group) is 1. The van der Waals surface area contributed by atoms with Gasteiger partial charge >= 0.3 is 0 Å². The number of thiophene rings is 1. The molecule has 1 aliphatic carbocycles. The van der Waals surface area contributed by atoms with E-state index < -0.39 is 0 Å². The Morgan fingerprint density at radius 2 is 1.71 bits per heavy atom. The number of furan rings is 1. The molecule has 0 bridgehead atoms. The van der Waals surface area contributed by atoms with Crippen LogP contribution in [0.5, 0.6) is 0 Å². The molecule has 1 aromatic carbocycles. The maximum Gasteiger partial charge on any atom is 0.291 e. The molecule has 34 heavy (non-hydrogen) atoms. The van der Waals surface area contributed by atoms with Crippen molar-refractivity contribution in [3.63, 3.8) is 0 Å². The van der Waals surface area contributed by atoms with E-state index in [2.05, 4.69) is 60.3 Å². The molecular weight excluding hydrogens is 442 g/mol. The molecule has 1 aliphatic heterocycles. The highest BCUT2D eigenvalue weighted by Crippen LogP contribution is 2.46. The molecule has 0 saturated carbocycles. The number of rotatable bonds is 6. The lowest BCUT2D eigenvalue weighted by Gasteiger charge is -2.39. The Morgan fingerprint density at radius 1 is 1.00 bits per heavy atom. The monoisotopic (exact) mass is 477 g/mol. The van der Waals surface area contributed by atoms with Crippen molar-refractivity contribution in [1.29, 1.82) is 0 Å². The van der Waals surface area contributed by atoms with Crippen LogP contribution in [0.1, 0.15) is 76.3 Å². The summed E-state index contributed by atoms with van der Waals surface area (Å²) in [5.41, 5.74) is 5.44. The Morgan fingerprint density at radius 3 is 2.38 bits per heavy atom. The Kier molecular flexibility index (Phi) is 6.91. The smallest absolute Gasteiger partial charge is 0.291 e. The van der Waals surface area contributed by atoms with Gasteiger partial charge in [0.15, 0.2) is 5.76 Å². The van der Waals surface area contributed by atoms with Gasteiger partial charge in [0.25, 0.3) is 5.91 Å². The van der Waals surface area contributed by atoms with Crippen molar-refractivity contribution in [2.24, 2.45) is 0 Å². The average Bonchev–Trinajstić information content (AvgIpc) is 3.50. The van der Waals surface area contributed by atoms with Gasteiger partial charge in [-0.05, 0) is 67.5 Å². The quantitative estimate of drug-likeness (QED) is 0.478. The second-order valence-electron chi connectivity index (χ2n) is 9.95. The molecule has 2 aromatic heterocycles. The zero-order valence-corrected chi connectivity index (χ0v) is 21.3. The number of carbonyl (C=O) groups excluding carboxylic acids is 1. The summed E-state index contributed by atoms with van der Waals surface area (Å²) in [4.78, 5) is 19.5. The number of nitrogens with zero attached hydrogens (tertiary/aromatic N) is 2. The van der Waals surface area contributed by atoms with Gasteiger partial charge in [-0.2, -0.15) is 0 Å². The van der Waals surface area contributed by atoms with Gasteiger partial charge in [-0.15, -0.1) is 11.3 Å². The lowest BCUT2D eigenvalue weighted by molar-refractivity contribution is 0.0996. The lowest BCUT2D eigenvalue weighted by Crippen LogP contribution is -2.46. The predicted molar refractivity (Wildman–Crippen MR) is 139 cm³/mol.